The first-order chi connectivity index (χ1) is 9.13. The van der Waals surface area contributed by atoms with E-state index in [4.69, 9.17) is 17.3 Å². The number of hydrogen-bond donors (Lipinski definition) is 2. The molecule has 0 bridgehead atoms. The molecule has 20 heavy (non-hydrogen) atoms. The fraction of sp³-hybridized carbons (Fsp3) is 0.538. The van der Waals surface area contributed by atoms with Crippen molar-refractivity contribution in [3.63, 3.8) is 0 Å². The van der Waals surface area contributed by atoms with E-state index in [1.807, 2.05) is 0 Å². The van der Waals surface area contributed by atoms with Gasteiger partial charge in [0.2, 0.25) is 10.0 Å². The molecule has 0 saturated carbocycles. The quantitative estimate of drug-likeness (QED) is 0.814. The zero-order valence-corrected chi connectivity index (χ0v) is 13.1. The lowest BCUT2D eigenvalue weighted by Gasteiger charge is -2.35. The Morgan fingerprint density at radius 2 is 1.90 bits per heavy atom. The van der Waals surface area contributed by atoms with Crippen LogP contribution in [-0.2, 0) is 10.0 Å². The highest BCUT2D eigenvalue weighted by atomic mass is 35.5. The monoisotopic (exact) mass is 318 g/mol. The number of anilines is 1. The fourth-order valence-corrected chi connectivity index (χ4v) is 3.94. The normalized spacial score (nSPS) is 20.0. The van der Waals surface area contributed by atoms with Crippen LogP contribution in [0.5, 0.6) is 0 Å². The predicted molar refractivity (Wildman–Crippen MR) is 79.2 cm³/mol. The molecule has 0 aliphatic carbocycles. The maximum absolute atomic E-state index is 12.6. The fourth-order valence-electron chi connectivity index (χ4n) is 2.27. The summed E-state index contributed by atoms with van der Waals surface area (Å²) in [5.41, 5.74) is 5.84. The molecule has 0 radical (unpaired) electrons. The number of halogens is 1. The first-order valence-electron chi connectivity index (χ1n) is 6.42. The molecule has 112 valence electrons. The highest BCUT2D eigenvalue weighted by Gasteiger charge is 2.34. The largest absolute Gasteiger partial charge is 0.397 e. The van der Waals surface area contributed by atoms with Gasteiger partial charge in [-0.25, -0.2) is 8.42 Å². The number of nitrogens with zero attached hydrogens (tertiary/aromatic N) is 1. The van der Waals surface area contributed by atoms with Crippen LogP contribution in [-0.4, -0.2) is 36.5 Å². The van der Waals surface area contributed by atoms with Gasteiger partial charge in [0.25, 0.3) is 0 Å². The zero-order chi connectivity index (χ0) is 15.1. The van der Waals surface area contributed by atoms with E-state index in [2.05, 4.69) is 0 Å². The van der Waals surface area contributed by atoms with Crippen LogP contribution in [0.15, 0.2) is 17.0 Å². The molecule has 1 heterocycles. The number of hydrogen-bond acceptors (Lipinski definition) is 4. The first kappa shape index (κ1) is 15.6. The van der Waals surface area contributed by atoms with Gasteiger partial charge < -0.3 is 10.8 Å². The number of aryl methyl sites for hydroxylation is 1. The van der Waals surface area contributed by atoms with Gasteiger partial charge in [0.05, 0.1) is 21.2 Å². The van der Waals surface area contributed by atoms with Gasteiger partial charge in [-0.2, -0.15) is 4.31 Å². The third-order valence-corrected chi connectivity index (χ3v) is 6.09. The lowest BCUT2D eigenvalue weighted by molar-refractivity contribution is 0.0126. The standard InChI is InChI=1S/C13H19ClN2O3S/c1-9-7-10(8-11(15)12(9)14)20(18,19)16-5-3-13(2,17)4-6-16/h7-8,17H,3-6,15H2,1-2H3. The Morgan fingerprint density at radius 3 is 2.40 bits per heavy atom. The Labute approximate surface area is 124 Å². The minimum atomic E-state index is -3.59. The van der Waals surface area contributed by atoms with Gasteiger partial charge in [-0.15, -0.1) is 0 Å². The molecule has 7 heteroatoms. The summed E-state index contributed by atoms with van der Waals surface area (Å²) in [4.78, 5) is 0.151. The van der Waals surface area contributed by atoms with Crippen molar-refractivity contribution in [2.75, 3.05) is 18.8 Å². The average Bonchev–Trinajstić information content (AvgIpc) is 2.34. The number of benzene rings is 1. The predicted octanol–water partition coefficient (Wildman–Crippen LogP) is 1.77. The van der Waals surface area contributed by atoms with Crippen LogP contribution in [0.1, 0.15) is 25.3 Å². The van der Waals surface area contributed by atoms with E-state index < -0.39 is 15.6 Å². The second kappa shape index (κ2) is 5.18. The van der Waals surface area contributed by atoms with Crippen LogP contribution >= 0.6 is 11.6 Å². The lowest BCUT2D eigenvalue weighted by atomic mass is 9.95. The SMILES string of the molecule is Cc1cc(S(=O)(=O)N2CCC(C)(O)CC2)cc(N)c1Cl. The van der Waals surface area contributed by atoms with Gasteiger partial charge in [0.15, 0.2) is 0 Å². The van der Waals surface area contributed by atoms with Crippen molar-refractivity contribution in [1.82, 2.24) is 4.31 Å². The Kier molecular flexibility index (Phi) is 4.03. The number of piperidine rings is 1. The molecule has 0 aromatic heterocycles. The summed E-state index contributed by atoms with van der Waals surface area (Å²) in [5.74, 6) is 0. The highest BCUT2D eigenvalue weighted by molar-refractivity contribution is 7.89. The minimum absolute atomic E-state index is 0.151. The molecule has 1 fully saturated rings. The van der Waals surface area contributed by atoms with E-state index in [0.29, 0.717) is 36.5 Å². The van der Waals surface area contributed by atoms with Gasteiger partial charge >= 0.3 is 0 Å². The number of nitrogen functional groups attached to an aromatic ring is 1. The van der Waals surface area contributed by atoms with Gasteiger partial charge in [-0.3, -0.25) is 0 Å². The Hall–Kier alpha value is -0.820. The van der Waals surface area contributed by atoms with Crippen molar-refractivity contribution < 1.29 is 13.5 Å². The third-order valence-electron chi connectivity index (χ3n) is 3.69. The molecule has 1 aromatic rings. The molecular formula is C13H19ClN2O3S. The Bertz CT molecular complexity index is 595. The van der Waals surface area contributed by atoms with Crippen molar-refractivity contribution in [1.29, 1.82) is 0 Å². The molecule has 0 spiro atoms. The molecule has 1 aliphatic heterocycles. The smallest absolute Gasteiger partial charge is 0.243 e. The summed E-state index contributed by atoms with van der Waals surface area (Å²) in [6.45, 7) is 4.05. The van der Waals surface area contributed by atoms with E-state index in [-0.39, 0.29) is 10.6 Å². The van der Waals surface area contributed by atoms with Crippen LogP contribution in [0, 0.1) is 6.92 Å². The summed E-state index contributed by atoms with van der Waals surface area (Å²) < 4.78 is 26.5. The summed E-state index contributed by atoms with van der Waals surface area (Å²) >= 11 is 5.96. The minimum Gasteiger partial charge on any atom is -0.397 e. The molecule has 1 aliphatic rings. The van der Waals surface area contributed by atoms with E-state index in [1.165, 1.54) is 16.4 Å². The molecule has 0 atom stereocenters. The van der Waals surface area contributed by atoms with E-state index in [9.17, 15) is 13.5 Å². The van der Waals surface area contributed by atoms with Gasteiger partial charge in [-0.05, 0) is 44.4 Å². The second-order valence-electron chi connectivity index (χ2n) is 5.54. The molecule has 1 aromatic carbocycles. The second-order valence-corrected chi connectivity index (χ2v) is 7.86. The van der Waals surface area contributed by atoms with E-state index in [0.717, 1.165) is 0 Å². The van der Waals surface area contributed by atoms with Crippen LogP contribution in [0.4, 0.5) is 5.69 Å². The maximum Gasteiger partial charge on any atom is 0.243 e. The summed E-state index contributed by atoms with van der Waals surface area (Å²) in [5, 5.41) is 10.3. The van der Waals surface area contributed by atoms with Crippen molar-refractivity contribution >= 4 is 27.3 Å². The number of aliphatic hydroxyl groups is 1. The van der Waals surface area contributed by atoms with Gasteiger partial charge in [0, 0.05) is 13.1 Å². The zero-order valence-electron chi connectivity index (χ0n) is 11.6. The first-order valence-corrected chi connectivity index (χ1v) is 8.23. The van der Waals surface area contributed by atoms with Crippen molar-refractivity contribution in [3.8, 4) is 0 Å². The molecule has 3 N–H and O–H groups in total. The number of sulfonamides is 1. The molecule has 0 unspecified atom stereocenters. The van der Waals surface area contributed by atoms with Gasteiger partial charge in [-0.1, -0.05) is 11.6 Å². The molecular weight excluding hydrogens is 300 g/mol. The summed E-state index contributed by atoms with van der Waals surface area (Å²) in [6, 6.07) is 2.91. The van der Waals surface area contributed by atoms with Crippen molar-refractivity contribution in [2.45, 2.75) is 37.2 Å². The number of nitrogens with two attached hydrogens (primary N) is 1. The molecule has 1 saturated heterocycles. The molecule has 0 amide bonds. The van der Waals surface area contributed by atoms with Crippen molar-refractivity contribution in [2.24, 2.45) is 0 Å². The molecule has 5 nitrogen and oxygen atoms in total. The van der Waals surface area contributed by atoms with Crippen LogP contribution in [0.3, 0.4) is 0 Å². The number of rotatable bonds is 2. The Balaban J connectivity index is 2.32. The molecule has 2 rings (SSSR count). The summed E-state index contributed by atoms with van der Waals surface area (Å²) in [7, 11) is -3.59. The lowest BCUT2D eigenvalue weighted by Crippen LogP contribution is -2.45. The topological polar surface area (TPSA) is 83.6 Å². The van der Waals surface area contributed by atoms with E-state index in [1.54, 1.807) is 13.8 Å². The van der Waals surface area contributed by atoms with Crippen LogP contribution < -0.4 is 5.73 Å². The van der Waals surface area contributed by atoms with Crippen LogP contribution in [0.2, 0.25) is 5.02 Å². The maximum atomic E-state index is 12.6. The highest BCUT2D eigenvalue weighted by Crippen LogP contribution is 2.30. The third kappa shape index (κ3) is 2.93. The van der Waals surface area contributed by atoms with Gasteiger partial charge in [0.1, 0.15) is 0 Å². The Morgan fingerprint density at radius 1 is 1.35 bits per heavy atom. The average molecular weight is 319 g/mol. The van der Waals surface area contributed by atoms with Crippen LogP contribution in [0.25, 0.3) is 0 Å². The van der Waals surface area contributed by atoms with E-state index >= 15 is 0 Å². The summed E-state index contributed by atoms with van der Waals surface area (Å²) in [6.07, 6.45) is 0.850. The van der Waals surface area contributed by atoms with Crippen molar-refractivity contribution in [3.05, 3.63) is 22.7 Å².